The van der Waals surface area contributed by atoms with E-state index in [1.165, 1.54) is 6.08 Å². The van der Waals surface area contributed by atoms with Crippen molar-refractivity contribution in [1.82, 2.24) is 15.0 Å². The van der Waals surface area contributed by atoms with Crippen LogP contribution in [-0.2, 0) is 11.3 Å². The maximum absolute atomic E-state index is 11.5. The number of hydrogen-bond donors (Lipinski definition) is 0. The Morgan fingerprint density at radius 1 is 1.50 bits per heavy atom. The molecule has 1 aliphatic heterocycles. The summed E-state index contributed by atoms with van der Waals surface area (Å²) < 4.78 is 5.06. The van der Waals surface area contributed by atoms with Crippen molar-refractivity contribution in [3.8, 4) is 0 Å². The lowest BCUT2D eigenvalue weighted by Crippen LogP contribution is -2.33. The first-order valence-electron chi connectivity index (χ1n) is 6.25. The molecule has 0 bridgehead atoms. The minimum atomic E-state index is 0.0223. The summed E-state index contributed by atoms with van der Waals surface area (Å²) in [7, 11) is 0. The molecular weight excluding hydrogens is 230 g/mol. The molecule has 0 unspecified atom stereocenters. The topological polar surface area (TPSA) is 49.6 Å². The molecule has 0 aliphatic carbocycles. The first-order chi connectivity index (χ1) is 8.69. The lowest BCUT2D eigenvalue weighted by atomic mass is 10.3. The van der Waals surface area contributed by atoms with Crippen LogP contribution < -0.4 is 0 Å². The number of amides is 1. The Kier molecular flexibility index (Phi) is 4.15. The van der Waals surface area contributed by atoms with E-state index in [2.05, 4.69) is 16.6 Å². The third-order valence-corrected chi connectivity index (χ3v) is 3.14. The highest BCUT2D eigenvalue weighted by molar-refractivity contribution is 5.86. The summed E-state index contributed by atoms with van der Waals surface area (Å²) in [6.45, 7) is 9.61. The van der Waals surface area contributed by atoms with Crippen molar-refractivity contribution in [3.63, 3.8) is 0 Å². The predicted molar refractivity (Wildman–Crippen MR) is 67.9 cm³/mol. The number of nitrogens with zero attached hydrogens (tertiary/aromatic N) is 3. The van der Waals surface area contributed by atoms with Gasteiger partial charge in [-0.15, -0.1) is 0 Å². The van der Waals surface area contributed by atoms with Crippen LogP contribution in [0.4, 0.5) is 0 Å². The zero-order valence-electron chi connectivity index (χ0n) is 10.8. The average Bonchev–Trinajstić information content (AvgIpc) is 2.64. The highest BCUT2D eigenvalue weighted by Gasteiger charge is 2.18. The zero-order chi connectivity index (χ0) is 13.0. The fourth-order valence-corrected chi connectivity index (χ4v) is 2.20. The van der Waals surface area contributed by atoms with Crippen molar-refractivity contribution in [2.45, 2.75) is 19.9 Å². The minimum absolute atomic E-state index is 0.0223. The molecule has 18 heavy (non-hydrogen) atoms. The largest absolute Gasteiger partial charge is 0.361 e. The van der Waals surface area contributed by atoms with Crippen LogP contribution in [0, 0.1) is 6.92 Å². The molecule has 0 aromatic carbocycles. The van der Waals surface area contributed by atoms with Crippen LogP contribution in [-0.4, -0.2) is 47.0 Å². The van der Waals surface area contributed by atoms with Gasteiger partial charge in [0.15, 0.2) is 0 Å². The second-order valence-electron chi connectivity index (χ2n) is 4.59. The fourth-order valence-electron chi connectivity index (χ4n) is 2.20. The van der Waals surface area contributed by atoms with Crippen LogP contribution in [0.2, 0.25) is 0 Å². The van der Waals surface area contributed by atoms with Crippen molar-refractivity contribution in [1.29, 1.82) is 0 Å². The van der Waals surface area contributed by atoms with Gasteiger partial charge in [-0.1, -0.05) is 11.7 Å². The van der Waals surface area contributed by atoms with Gasteiger partial charge in [-0.2, -0.15) is 0 Å². The molecule has 1 aliphatic rings. The van der Waals surface area contributed by atoms with Crippen LogP contribution in [0.25, 0.3) is 0 Å². The van der Waals surface area contributed by atoms with Gasteiger partial charge in [0.1, 0.15) is 5.76 Å². The molecule has 0 atom stereocenters. The smallest absolute Gasteiger partial charge is 0.245 e. The van der Waals surface area contributed by atoms with Gasteiger partial charge in [-0.05, 0) is 19.4 Å². The van der Waals surface area contributed by atoms with E-state index in [-0.39, 0.29) is 5.91 Å². The second-order valence-corrected chi connectivity index (χ2v) is 4.59. The standard InChI is InChI=1S/C13H19N3O2/c1-3-13(17)16-6-4-5-15(7-8-16)10-12-9-11(2)18-14-12/h3,9H,1,4-8,10H2,2H3. The molecular formula is C13H19N3O2. The summed E-state index contributed by atoms with van der Waals surface area (Å²) in [4.78, 5) is 15.7. The van der Waals surface area contributed by atoms with E-state index in [1.807, 2.05) is 17.9 Å². The SMILES string of the molecule is C=CC(=O)N1CCCN(Cc2cc(C)on2)CC1. The highest BCUT2D eigenvalue weighted by atomic mass is 16.5. The van der Waals surface area contributed by atoms with Gasteiger partial charge in [-0.3, -0.25) is 9.69 Å². The lowest BCUT2D eigenvalue weighted by molar-refractivity contribution is -0.125. The first-order valence-corrected chi connectivity index (χ1v) is 6.25. The molecule has 0 saturated carbocycles. The van der Waals surface area contributed by atoms with Crippen molar-refractivity contribution in [2.24, 2.45) is 0 Å². The van der Waals surface area contributed by atoms with Crippen LogP contribution in [0.3, 0.4) is 0 Å². The van der Waals surface area contributed by atoms with Crippen LogP contribution in [0.1, 0.15) is 17.9 Å². The fraction of sp³-hybridized carbons (Fsp3) is 0.538. The Hall–Kier alpha value is -1.62. The van der Waals surface area contributed by atoms with Crippen molar-refractivity contribution >= 4 is 5.91 Å². The van der Waals surface area contributed by atoms with E-state index >= 15 is 0 Å². The third kappa shape index (κ3) is 3.20. The van der Waals surface area contributed by atoms with Crippen molar-refractivity contribution < 1.29 is 9.32 Å². The first kappa shape index (κ1) is 12.8. The number of aromatic nitrogens is 1. The molecule has 2 rings (SSSR count). The van der Waals surface area contributed by atoms with Gasteiger partial charge in [0.05, 0.1) is 5.69 Å². The normalized spacial score (nSPS) is 17.5. The Morgan fingerprint density at radius 2 is 2.33 bits per heavy atom. The Labute approximate surface area is 107 Å². The van der Waals surface area contributed by atoms with E-state index in [1.54, 1.807) is 0 Å². The molecule has 5 heteroatoms. The number of carbonyl (C=O) groups excluding carboxylic acids is 1. The van der Waals surface area contributed by atoms with Crippen LogP contribution in [0.5, 0.6) is 0 Å². The summed E-state index contributed by atoms with van der Waals surface area (Å²) >= 11 is 0. The van der Waals surface area contributed by atoms with Crippen molar-refractivity contribution in [3.05, 3.63) is 30.2 Å². The molecule has 1 fully saturated rings. The summed E-state index contributed by atoms with van der Waals surface area (Å²) in [5.41, 5.74) is 0.955. The van der Waals surface area contributed by atoms with E-state index in [9.17, 15) is 4.79 Å². The lowest BCUT2D eigenvalue weighted by Gasteiger charge is -2.20. The molecule has 98 valence electrons. The number of aryl methyl sites for hydroxylation is 1. The summed E-state index contributed by atoms with van der Waals surface area (Å²) in [5.74, 6) is 0.859. The molecule has 1 aromatic heterocycles. The van der Waals surface area contributed by atoms with Gasteiger partial charge in [0.2, 0.25) is 5.91 Å². The quantitative estimate of drug-likeness (QED) is 0.755. The predicted octanol–water partition coefficient (Wildman–Crippen LogP) is 1.20. The minimum Gasteiger partial charge on any atom is -0.361 e. The number of rotatable bonds is 3. The molecule has 0 radical (unpaired) electrons. The van der Waals surface area contributed by atoms with E-state index in [0.717, 1.165) is 50.6 Å². The van der Waals surface area contributed by atoms with E-state index < -0.39 is 0 Å². The van der Waals surface area contributed by atoms with E-state index in [4.69, 9.17) is 4.52 Å². The van der Waals surface area contributed by atoms with Crippen LogP contribution >= 0.6 is 0 Å². The Balaban J connectivity index is 1.89. The number of carbonyl (C=O) groups is 1. The van der Waals surface area contributed by atoms with Crippen molar-refractivity contribution in [2.75, 3.05) is 26.2 Å². The Bertz CT molecular complexity index is 428. The molecule has 0 N–H and O–H groups in total. The molecule has 1 saturated heterocycles. The van der Waals surface area contributed by atoms with Crippen LogP contribution in [0.15, 0.2) is 23.2 Å². The highest BCUT2D eigenvalue weighted by Crippen LogP contribution is 2.09. The second kappa shape index (κ2) is 5.82. The average molecular weight is 249 g/mol. The third-order valence-electron chi connectivity index (χ3n) is 3.14. The molecule has 0 spiro atoms. The van der Waals surface area contributed by atoms with Gasteiger partial charge < -0.3 is 9.42 Å². The number of hydrogen-bond acceptors (Lipinski definition) is 4. The van der Waals surface area contributed by atoms with Gasteiger partial charge >= 0.3 is 0 Å². The monoisotopic (exact) mass is 249 g/mol. The molecule has 2 heterocycles. The molecule has 1 amide bonds. The maximum atomic E-state index is 11.5. The maximum Gasteiger partial charge on any atom is 0.245 e. The van der Waals surface area contributed by atoms with Gasteiger partial charge in [0.25, 0.3) is 0 Å². The summed E-state index contributed by atoms with van der Waals surface area (Å²) in [6, 6.07) is 1.96. The summed E-state index contributed by atoms with van der Waals surface area (Å²) in [5, 5.41) is 4.00. The van der Waals surface area contributed by atoms with Gasteiger partial charge in [0, 0.05) is 38.8 Å². The van der Waals surface area contributed by atoms with E-state index in [0.29, 0.717) is 0 Å². The van der Waals surface area contributed by atoms with Gasteiger partial charge in [-0.25, -0.2) is 0 Å². The molecule has 1 aromatic rings. The summed E-state index contributed by atoms with van der Waals surface area (Å²) in [6.07, 6.45) is 2.37. The molecule has 5 nitrogen and oxygen atoms in total. The zero-order valence-corrected chi connectivity index (χ0v) is 10.8. The Morgan fingerprint density at radius 3 is 3.00 bits per heavy atom.